The molecule has 16 heavy (non-hydrogen) atoms. The molecule has 1 aromatic rings. The lowest BCUT2D eigenvalue weighted by Gasteiger charge is -2.12. The van der Waals surface area contributed by atoms with Gasteiger partial charge in [0, 0.05) is 10.0 Å². The van der Waals surface area contributed by atoms with Crippen LogP contribution in [-0.2, 0) is 16.0 Å². The van der Waals surface area contributed by atoms with Crippen molar-refractivity contribution < 1.29 is 9.53 Å². The summed E-state index contributed by atoms with van der Waals surface area (Å²) in [6.45, 7) is 3.98. The van der Waals surface area contributed by atoms with Gasteiger partial charge in [0.2, 0.25) is 0 Å². The molecule has 0 radical (unpaired) electrons. The maximum absolute atomic E-state index is 11.5. The highest BCUT2D eigenvalue weighted by atomic mass is 35.5. The molecule has 88 valence electrons. The molecule has 1 aromatic carbocycles. The fourth-order valence-electron chi connectivity index (χ4n) is 1.40. The van der Waals surface area contributed by atoms with Crippen LogP contribution in [0, 0.1) is 5.92 Å². The van der Waals surface area contributed by atoms with E-state index in [0.717, 1.165) is 5.56 Å². The van der Waals surface area contributed by atoms with Crippen molar-refractivity contribution in [2.75, 3.05) is 6.61 Å². The molecule has 0 aromatic heterocycles. The SMILES string of the molecule is CCOC(=O)C(C)Cc1c(Cl)cccc1Cl. The van der Waals surface area contributed by atoms with Crippen LogP contribution in [0.2, 0.25) is 10.0 Å². The van der Waals surface area contributed by atoms with Gasteiger partial charge in [0.05, 0.1) is 12.5 Å². The Labute approximate surface area is 106 Å². The monoisotopic (exact) mass is 260 g/mol. The lowest BCUT2D eigenvalue weighted by atomic mass is 10.0. The maximum Gasteiger partial charge on any atom is 0.308 e. The molecule has 0 spiro atoms. The molecule has 1 atom stereocenters. The summed E-state index contributed by atoms with van der Waals surface area (Å²) < 4.78 is 4.93. The van der Waals surface area contributed by atoms with Crippen molar-refractivity contribution in [2.45, 2.75) is 20.3 Å². The first-order valence-corrected chi connectivity index (χ1v) is 5.91. The summed E-state index contributed by atoms with van der Waals surface area (Å²) in [6.07, 6.45) is 0.497. The molecule has 0 aliphatic carbocycles. The van der Waals surface area contributed by atoms with Gasteiger partial charge in [-0.1, -0.05) is 36.2 Å². The molecule has 0 bridgehead atoms. The number of rotatable bonds is 4. The first kappa shape index (κ1) is 13.3. The molecule has 1 unspecified atom stereocenters. The van der Waals surface area contributed by atoms with Gasteiger partial charge in [-0.05, 0) is 31.0 Å². The van der Waals surface area contributed by atoms with Gasteiger partial charge in [-0.3, -0.25) is 4.79 Å². The summed E-state index contributed by atoms with van der Waals surface area (Å²) in [6, 6.07) is 5.31. The zero-order valence-corrected chi connectivity index (χ0v) is 10.8. The number of halogens is 2. The van der Waals surface area contributed by atoms with Crippen LogP contribution in [0.4, 0.5) is 0 Å². The minimum absolute atomic E-state index is 0.224. The lowest BCUT2D eigenvalue weighted by Crippen LogP contribution is -2.17. The smallest absolute Gasteiger partial charge is 0.308 e. The summed E-state index contributed by atoms with van der Waals surface area (Å²) in [5.74, 6) is -0.462. The van der Waals surface area contributed by atoms with Crippen LogP contribution in [0.3, 0.4) is 0 Å². The molecular formula is C12H14Cl2O2. The third-order valence-electron chi connectivity index (χ3n) is 2.26. The van der Waals surface area contributed by atoms with E-state index in [1.165, 1.54) is 0 Å². The minimum Gasteiger partial charge on any atom is -0.466 e. The molecule has 0 fully saturated rings. The highest BCUT2D eigenvalue weighted by molar-refractivity contribution is 6.36. The van der Waals surface area contributed by atoms with Gasteiger partial charge in [0.1, 0.15) is 0 Å². The lowest BCUT2D eigenvalue weighted by molar-refractivity contribution is -0.147. The van der Waals surface area contributed by atoms with E-state index < -0.39 is 0 Å². The molecule has 4 heteroatoms. The van der Waals surface area contributed by atoms with E-state index >= 15 is 0 Å². The van der Waals surface area contributed by atoms with Crippen molar-refractivity contribution in [3.8, 4) is 0 Å². The Balaban J connectivity index is 2.76. The van der Waals surface area contributed by atoms with Gasteiger partial charge >= 0.3 is 5.97 Å². The average molecular weight is 261 g/mol. The third-order valence-corrected chi connectivity index (χ3v) is 2.97. The summed E-state index contributed by atoms with van der Waals surface area (Å²) in [5, 5.41) is 1.17. The Hall–Kier alpha value is -0.730. The molecule has 0 amide bonds. The van der Waals surface area contributed by atoms with Crippen LogP contribution in [0.5, 0.6) is 0 Å². The van der Waals surface area contributed by atoms with E-state index in [1.54, 1.807) is 32.0 Å². The van der Waals surface area contributed by atoms with Crippen molar-refractivity contribution in [3.63, 3.8) is 0 Å². The van der Waals surface area contributed by atoms with Crippen LogP contribution in [0.15, 0.2) is 18.2 Å². The Morgan fingerprint density at radius 3 is 2.44 bits per heavy atom. The van der Waals surface area contributed by atoms with Crippen LogP contribution in [0.1, 0.15) is 19.4 Å². The number of esters is 1. The molecule has 0 N–H and O–H groups in total. The van der Waals surface area contributed by atoms with Gasteiger partial charge in [-0.2, -0.15) is 0 Å². The van der Waals surface area contributed by atoms with E-state index in [4.69, 9.17) is 27.9 Å². The van der Waals surface area contributed by atoms with Crippen LogP contribution < -0.4 is 0 Å². The van der Waals surface area contributed by atoms with Crippen molar-refractivity contribution in [1.82, 2.24) is 0 Å². The Morgan fingerprint density at radius 1 is 1.38 bits per heavy atom. The van der Waals surface area contributed by atoms with E-state index in [2.05, 4.69) is 0 Å². The van der Waals surface area contributed by atoms with Gasteiger partial charge in [0.25, 0.3) is 0 Å². The van der Waals surface area contributed by atoms with E-state index in [-0.39, 0.29) is 11.9 Å². The second kappa shape index (κ2) is 6.12. The van der Waals surface area contributed by atoms with Crippen molar-refractivity contribution in [3.05, 3.63) is 33.8 Å². The highest BCUT2D eigenvalue weighted by Gasteiger charge is 2.17. The highest BCUT2D eigenvalue weighted by Crippen LogP contribution is 2.27. The zero-order chi connectivity index (χ0) is 12.1. The fraction of sp³-hybridized carbons (Fsp3) is 0.417. The summed E-state index contributed by atoms with van der Waals surface area (Å²) in [7, 11) is 0. The Morgan fingerprint density at radius 2 is 1.94 bits per heavy atom. The summed E-state index contributed by atoms with van der Waals surface area (Å²) in [4.78, 5) is 11.5. The normalized spacial score (nSPS) is 12.2. The van der Waals surface area contributed by atoms with Crippen LogP contribution >= 0.6 is 23.2 Å². The zero-order valence-electron chi connectivity index (χ0n) is 9.30. The number of carbonyl (C=O) groups excluding carboxylic acids is 1. The summed E-state index contributed by atoms with van der Waals surface area (Å²) in [5.41, 5.74) is 0.798. The first-order valence-electron chi connectivity index (χ1n) is 5.15. The molecule has 0 saturated heterocycles. The number of ether oxygens (including phenoxy) is 1. The molecule has 0 heterocycles. The van der Waals surface area contributed by atoms with Crippen LogP contribution in [-0.4, -0.2) is 12.6 Å². The van der Waals surface area contributed by atoms with Gasteiger partial charge in [0.15, 0.2) is 0 Å². The second-order valence-corrected chi connectivity index (χ2v) is 4.37. The van der Waals surface area contributed by atoms with E-state index in [9.17, 15) is 4.79 Å². The fourth-order valence-corrected chi connectivity index (χ4v) is 1.95. The molecule has 2 nitrogen and oxygen atoms in total. The number of benzene rings is 1. The largest absolute Gasteiger partial charge is 0.466 e. The number of hydrogen-bond acceptors (Lipinski definition) is 2. The minimum atomic E-state index is -0.239. The third kappa shape index (κ3) is 3.39. The van der Waals surface area contributed by atoms with Gasteiger partial charge in [-0.15, -0.1) is 0 Å². The van der Waals surface area contributed by atoms with E-state index in [0.29, 0.717) is 23.1 Å². The van der Waals surface area contributed by atoms with E-state index in [1.807, 2.05) is 0 Å². The predicted octanol–water partition coefficient (Wildman–Crippen LogP) is 3.74. The van der Waals surface area contributed by atoms with Crippen LogP contribution in [0.25, 0.3) is 0 Å². The van der Waals surface area contributed by atoms with Crippen molar-refractivity contribution in [1.29, 1.82) is 0 Å². The summed E-state index contributed by atoms with van der Waals surface area (Å²) >= 11 is 12.0. The molecule has 0 aliphatic heterocycles. The Bertz CT molecular complexity index is 357. The maximum atomic E-state index is 11.5. The average Bonchev–Trinajstić information content (AvgIpc) is 2.23. The molecule has 0 aliphatic rings. The quantitative estimate of drug-likeness (QED) is 0.772. The van der Waals surface area contributed by atoms with Gasteiger partial charge in [-0.25, -0.2) is 0 Å². The standard InChI is InChI=1S/C12H14Cl2O2/c1-3-16-12(15)8(2)7-9-10(13)5-4-6-11(9)14/h4-6,8H,3,7H2,1-2H3. The predicted molar refractivity (Wildman–Crippen MR) is 66.0 cm³/mol. The van der Waals surface area contributed by atoms with Crippen molar-refractivity contribution >= 4 is 29.2 Å². The molecule has 0 saturated carbocycles. The van der Waals surface area contributed by atoms with Crippen molar-refractivity contribution in [2.24, 2.45) is 5.92 Å². The second-order valence-electron chi connectivity index (χ2n) is 3.56. The molecule has 1 rings (SSSR count). The topological polar surface area (TPSA) is 26.3 Å². The number of carbonyl (C=O) groups is 1. The first-order chi connectivity index (χ1) is 7.56. The van der Waals surface area contributed by atoms with Gasteiger partial charge < -0.3 is 4.74 Å². The molecular weight excluding hydrogens is 247 g/mol. The Kier molecular flexibility index (Phi) is 5.10. The number of hydrogen-bond donors (Lipinski definition) is 0.